The first kappa shape index (κ1) is 15.0. The smallest absolute Gasteiger partial charge is 0.0783 e. The van der Waals surface area contributed by atoms with Crippen LogP contribution < -0.4 is 5.32 Å². The molecule has 0 heterocycles. The van der Waals surface area contributed by atoms with Crippen LogP contribution in [0, 0.1) is 0 Å². The Hall–Kier alpha value is -0.0300. The molecule has 1 rings (SSSR count). The first-order chi connectivity index (χ1) is 7.99. The average Bonchev–Trinajstić information content (AvgIpc) is 2.32. The fraction of sp³-hybridized carbons (Fsp3) is 0.538. The minimum Gasteiger partial charge on any atom is -0.377 e. The van der Waals surface area contributed by atoms with E-state index in [4.69, 9.17) is 4.74 Å². The van der Waals surface area contributed by atoms with Crippen LogP contribution in [0.3, 0.4) is 0 Å². The van der Waals surface area contributed by atoms with Crippen molar-refractivity contribution in [1.82, 2.24) is 5.32 Å². The number of methoxy groups -OCH3 is 1. The van der Waals surface area contributed by atoms with Crippen LogP contribution in [0.1, 0.15) is 13.8 Å². The normalized spacial score (nSPS) is 13.7. The first-order valence-electron chi connectivity index (χ1n) is 5.60. The monoisotopic (exact) mass is 317 g/mol. The lowest BCUT2D eigenvalue weighted by molar-refractivity contribution is -0.00155. The van der Waals surface area contributed by atoms with E-state index in [9.17, 15) is 0 Å². The summed E-state index contributed by atoms with van der Waals surface area (Å²) in [5, 5.41) is 3.32. The van der Waals surface area contributed by atoms with Gasteiger partial charge in [0.05, 0.1) is 5.60 Å². The number of hydrogen-bond acceptors (Lipinski definition) is 3. The highest BCUT2D eigenvalue weighted by Crippen LogP contribution is 2.24. The number of nitrogens with one attached hydrogen (secondary N) is 1. The number of ether oxygens (including phenoxy) is 1. The molecule has 1 unspecified atom stereocenters. The van der Waals surface area contributed by atoms with Gasteiger partial charge in [-0.1, -0.05) is 15.9 Å². The molecule has 17 heavy (non-hydrogen) atoms. The molecule has 0 bridgehead atoms. The Bertz CT molecular complexity index is 340. The van der Waals surface area contributed by atoms with Crippen LogP contribution in [-0.2, 0) is 4.74 Å². The van der Waals surface area contributed by atoms with E-state index in [1.54, 1.807) is 7.11 Å². The summed E-state index contributed by atoms with van der Waals surface area (Å²) in [6.07, 6.45) is 0. The van der Waals surface area contributed by atoms with Crippen molar-refractivity contribution in [1.29, 1.82) is 0 Å². The van der Waals surface area contributed by atoms with Crippen molar-refractivity contribution in [3.8, 4) is 0 Å². The van der Waals surface area contributed by atoms with Crippen molar-refractivity contribution < 1.29 is 4.74 Å². The fourth-order valence-corrected chi connectivity index (χ4v) is 3.00. The van der Waals surface area contributed by atoms with Crippen molar-refractivity contribution in [2.45, 2.75) is 30.4 Å². The SMILES string of the molecule is CNC(CSc1ccc(Br)cc1)C(C)(C)OC. The van der Waals surface area contributed by atoms with Crippen molar-refractivity contribution in [3.63, 3.8) is 0 Å². The van der Waals surface area contributed by atoms with Crippen LogP contribution in [0.15, 0.2) is 33.6 Å². The molecule has 0 spiro atoms. The van der Waals surface area contributed by atoms with Gasteiger partial charge in [-0.05, 0) is 45.2 Å². The van der Waals surface area contributed by atoms with E-state index in [-0.39, 0.29) is 5.60 Å². The fourth-order valence-electron chi connectivity index (χ4n) is 1.48. The van der Waals surface area contributed by atoms with Crippen LogP contribution in [0.2, 0.25) is 0 Å². The Morgan fingerprint density at radius 1 is 1.35 bits per heavy atom. The highest BCUT2D eigenvalue weighted by molar-refractivity contribution is 9.10. The third-order valence-corrected chi connectivity index (χ3v) is 4.58. The lowest BCUT2D eigenvalue weighted by atomic mass is 10.0. The zero-order chi connectivity index (χ0) is 12.9. The summed E-state index contributed by atoms with van der Waals surface area (Å²) in [5.41, 5.74) is -0.156. The van der Waals surface area contributed by atoms with Crippen LogP contribution in [0.5, 0.6) is 0 Å². The van der Waals surface area contributed by atoms with E-state index in [2.05, 4.69) is 59.4 Å². The second-order valence-electron chi connectivity index (χ2n) is 4.41. The molecule has 0 radical (unpaired) electrons. The Kier molecular flexibility index (Phi) is 6.00. The highest BCUT2D eigenvalue weighted by Gasteiger charge is 2.27. The van der Waals surface area contributed by atoms with E-state index in [1.807, 2.05) is 18.8 Å². The standard InChI is InChI=1S/C13H20BrNOS/c1-13(2,16-4)12(15-3)9-17-11-7-5-10(14)6-8-11/h5-8,12,15H,9H2,1-4H3. The molecule has 0 aliphatic heterocycles. The van der Waals surface area contributed by atoms with Gasteiger partial charge in [-0.2, -0.15) is 0 Å². The zero-order valence-corrected chi connectivity index (χ0v) is 13.2. The number of hydrogen-bond donors (Lipinski definition) is 1. The van der Waals surface area contributed by atoms with E-state index in [0.29, 0.717) is 6.04 Å². The van der Waals surface area contributed by atoms with Crippen molar-refractivity contribution in [3.05, 3.63) is 28.7 Å². The Morgan fingerprint density at radius 3 is 2.41 bits per heavy atom. The topological polar surface area (TPSA) is 21.3 Å². The summed E-state index contributed by atoms with van der Waals surface area (Å²) in [5.74, 6) is 0.985. The first-order valence-corrected chi connectivity index (χ1v) is 7.38. The second kappa shape index (κ2) is 6.78. The number of halogens is 1. The van der Waals surface area contributed by atoms with Gasteiger partial charge in [0.15, 0.2) is 0 Å². The molecular weight excluding hydrogens is 298 g/mol. The van der Waals surface area contributed by atoms with Gasteiger partial charge in [0.1, 0.15) is 0 Å². The molecule has 1 aromatic rings. The van der Waals surface area contributed by atoms with E-state index in [0.717, 1.165) is 10.2 Å². The number of rotatable bonds is 6. The van der Waals surface area contributed by atoms with Crippen molar-refractivity contribution in [2.75, 3.05) is 19.9 Å². The average molecular weight is 318 g/mol. The lowest BCUT2D eigenvalue weighted by Crippen LogP contribution is -2.48. The van der Waals surface area contributed by atoms with E-state index >= 15 is 0 Å². The number of thioether (sulfide) groups is 1. The minimum atomic E-state index is -0.156. The van der Waals surface area contributed by atoms with Gasteiger partial charge < -0.3 is 10.1 Å². The molecule has 0 saturated heterocycles. The van der Waals surface area contributed by atoms with Gasteiger partial charge in [0, 0.05) is 28.3 Å². The summed E-state index contributed by atoms with van der Waals surface area (Å²) in [4.78, 5) is 1.28. The van der Waals surface area contributed by atoms with Crippen molar-refractivity contribution >= 4 is 27.7 Å². The summed E-state index contributed by atoms with van der Waals surface area (Å²) in [6.45, 7) is 4.21. The van der Waals surface area contributed by atoms with Gasteiger partial charge in [0.2, 0.25) is 0 Å². The molecule has 4 heteroatoms. The predicted octanol–water partition coefficient (Wildman–Crippen LogP) is 3.55. The third-order valence-electron chi connectivity index (χ3n) is 2.94. The third kappa shape index (κ3) is 4.62. The lowest BCUT2D eigenvalue weighted by Gasteiger charge is -2.32. The molecule has 1 aromatic carbocycles. The zero-order valence-electron chi connectivity index (χ0n) is 10.8. The Balaban J connectivity index is 2.56. The predicted molar refractivity (Wildman–Crippen MR) is 78.8 cm³/mol. The Labute approximate surface area is 117 Å². The molecule has 0 amide bonds. The molecule has 2 nitrogen and oxygen atoms in total. The van der Waals surface area contributed by atoms with E-state index < -0.39 is 0 Å². The van der Waals surface area contributed by atoms with E-state index in [1.165, 1.54) is 4.90 Å². The van der Waals surface area contributed by atoms with Gasteiger partial charge in [-0.25, -0.2) is 0 Å². The summed E-state index contributed by atoms with van der Waals surface area (Å²) in [7, 11) is 3.74. The molecule has 0 aliphatic carbocycles. The van der Waals surface area contributed by atoms with Crippen LogP contribution in [-0.4, -0.2) is 31.6 Å². The van der Waals surface area contributed by atoms with Gasteiger partial charge in [0.25, 0.3) is 0 Å². The second-order valence-corrected chi connectivity index (χ2v) is 6.42. The molecule has 0 aromatic heterocycles. The van der Waals surface area contributed by atoms with Crippen LogP contribution in [0.4, 0.5) is 0 Å². The maximum atomic E-state index is 5.51. The maximum absolute atomic E-state index is 5.51. The summed E-state index contributed by atoms with van der Waals surface area (Å²) >= 11 is 5.28. The minimum absolute atomic E-state index is 0.156. The molecule has 1 N–H and O–H groups in total. The number of benzene rings is 1. The molecule has 0 fully saturated rings. The summed E-state index contributed by atoms with van der Waals surface area (Å²) in [6, 6.07) is 8.71. The van der Waals surface area contributed by atoms with Crippen molar-refractivity contribution in [2.24, 2.45) is 0 Å². The van der Waals surface area contributed by atoms with Crippen LogP contribution >= 0.6 is 27.7 Å². The van der Waals surface area contributed by atoms with Gasteiger partial charge >= 0.3 is 0 Å². The Morgan fingerprint density at radius 2 is 1.94 bits per heavy atom. The highest BCUT2D eigenvalue weighted by atomic mass is 79.9. The van der Waals surface area contributed by atoms with Gasteiger partial charge in [-0.3, -0.25) is 0 Å². The number of likely N-dealkylation sites (N-methyl/N-ethyl adjacent to an activating group) is 1. The molecular formula is C13H20BrNOS. The van der Waals surface area contributed by atoms with Gasteiger partial charge in [-0.15, -0.1) is 11.8 Å². The molecule has 96 valence electrons. The maximum Gasteiger partial charge on any atom is 0.0783 e. The largest absolute Gasteiger partial charge is 0.377 e. The molecule has 0 saturated carbocycles. The summed E-state index contributed by atoms with van der Waals surface area (Å²) < 4.78 is 6.63. The van der Waals surface area contributed by atoms with Crippen LogP contribution in [0.25, 0.3) is 0 Å². The molecule has 1 atom stereocenters. The molecule has 0 aliphatic rings. The quantitative estimate of drug-likeness (QED) is 0.811.